The molecule has 3 heteroatoms. The van der Waals surface area contributed by atoms with E-state index in [0.29, 0.717) is 5.11 Å². The van der Waals surface area contributed by atoms with Crippen LogP contribution < -0.4 is 10.6 Å². The lowest BCUT2D eigenvalue weighted by Crippen LogP contribution is -2.42. The van der Waals surface area contributed by atoms with Crippen LogP contribution in [0.3, 0.4) is 0 Å². The highest BCUT2D eigenvalue weighted by atomic mass is 32.1. The molecule has 0 amide bonds. The van der Waals surface area contributed by atoms with Crippen molar-refractivity contribution in [2.24, 2.45) is 0 Å². The van der Waals surface area contributed by atoms with Gasteiger partial charge in [0.1, 0.15) is 0 Å². The van der Waals surface area contributed by atoms with Crippen molar-refractivity contribution >= 4 is 23.4 Å². The average Bonchev–Trinajstić information content (AvgIpc) is 2.99. The first-order chi connectivity index (χ1) is 11.3. The van der Waals surface area contributed by atoms with Crippen molar-refractivity contribution in [3.63, 3.8) is 0 Å². The average molecular weight is 318 g/mol. The van der Waals surface area contributed by atoms with Crippen LogP contribution in [-0.4, -0.2) is 5.11 Å². The summed E-state index contributed by atoms with van der Waals surface area (Å²) >= 11 is 5.44. The summed E-state index contributed by atoms with van der Waals surface area (Å²) in [5.41, 5.74) is 6.47. The number of rotatable bonds is 2. The lowest BCUT2D eigenvalue weighted by molar-refractivity contribution is 0.683. The van der Waals surface area contributed by atoms with Crippen LogP contribution in [0.4, 0.5) is 0 Å². The molecule has 0 saturated carbocycles. The molecular weight excluding hydrogens is 300 g/mol. The van der Waals surface area contributed by atoms with E-state index in [0.717, 1.165) is 12.8 Å². The van der Waals surface area contributed by atoms with E-state index in [2.05, 4.69) is 65.2 Å². The van der Waals surface area contributed by atoms with Gasteiger partial charge in [0.15, 0.2) is 5.11 Å². The highest BCUT2D eigenvalue weighted by Gasteiger charge is 2.31. The molecule has 2 aromatic carbocycles. The van der Waals surface area contributed by atoms with E-state index in [-0.39, 0.29) is 6.04 Å². The molecule has 2 aromatic rings. The first-order valence-corrected chi connectivity index (χ1v) is 8.33. The number of hydrogen-bond acceptors (Lipinski definition) is 1. The molecule has 0 saturated heterocycles. The Balaban J connectivity index is 1.74. The molecule has 1 aliphatic carbocycles. The minimum absolute atomic E-state index is 0.182. The van der Waals surface area contributed by atoms with Crippen LogP contribution in [0.2, 0.25) is 0 Å². The van der Waals surface area contributed by atoms with Crippen LogP contribution in [-0.2, 0) is 0 Å². The zero-order valence-corrected chi connectivity index (χ0v) is 13.6. The monoisotopic (exact) mass is 318 g/mol. The minimum atomic E-state index is 0.182. The summed E-state index contributed by atoms with van der Waals surface area (Å²) in [5.74, 6) is 0. The van der Waals surface area contributed by atoms with Gasteiger partial charge in [-0.25, -0.2) is 0 Å². The molecule has 2 nitrogen and oxygen atoms in total. The Morgan fingerprint density at radius 1 is 0.913 bits per heavy atom. The van der Waals surface area contributed by atoms with Gasteiger partial charge in [-0.1, -0.05) is 60.7 Å². The number of nitrogens with one attached hydrogen (secondary N) is 2. The van der Waals surface area contributed by atoms with E-state index < -0.39 is 0 Å². The van der Waals surface area contributed by atoms with Crippen LogP contribution >= 0.6 is 12.2 Å². The highest BCUT2D eigenvalue weighted by molar-refractivity contribution is 7.80. The fourth-order valence-corrected chi connectivity index (χ4v) is 3.59. The molecule has 4 rings (SSSR count). The molecule has 1 heterocycles. The zero-order chi connectivity index (χ0) is 15.6. The third-order valence-electron chi connectivity index (χ3n) is 4.44. The largest absolute Gasteiger partial charge is 0.352 e. The molecule has 0 aromatic heterocycles. The summed E-state index contributed by atoms with van der Waals surface area (Å²) in [5, 5.41) is 7.51. The lowest BCUT2D eigenvalue weighted by Gasteiger charge is -2.29. The van der Waals surface area contributed by atoms with Crippen molar-refractivity contribution in [1.82, 2.24) is 10.6 Å². The molecular formula is C20H18N2S. The van der Waals surface area contributed by atoms with Crippen molar-refractivity contribution in [3.05, 3.63) is 88.6 Å². The maximum Gasteiger partial charge on any atom is 0.171 e. The van der Waals surface area contributed by atoms with Gasteiger partial charge in [0.05, 0.1) is 6.04 Å². The fraction of sp³-hybridized carbons (Fsp3) is 0.150. The molecule has 0 spiro atoms. The number of allylic oxidation sites excluding steroid dienone is 1. The smallest absolute Gasteiger partial charge is 0.171 e. The number of benzene rings is 2. The number of thiocarbonyl (C=S) groups is 1. The van der Waals surface area contributed by atoms with Gasteiger partial charge in [-0.2, -0.15) is 0 Å². The minimum Gasteiger partial charge on any atom is -0.352 e. The third-order valence-corrected chi connectivity index (χ3v) is 4.66. The van der Waals surface area contributed by atoms with E-state index in [4.69, 9.17) is 12.2 Å². The first kappa shape index (κ1) is 14.2. The van der Waals surface area contributed by atoms with Gasteiger partial charge in [0.2, 0.25) is 0 Å². The second kappa shape index (κ2) is 6.01. The Morgan fingerprint density at radius 2 is 1.61 bits per heavy atom. The van der Waals surface area contributed by atoms with Crippen molar-refractivity contribution in [2.75, 3.05) is 0 Å². The molecule has 1 unspecified atom stereocenters. The lowest BCUT2D eigenvalue weighted by atomic mass is 9.96. The van der Waals surface area contributed by atoms with Crippen LogP contribution in [0.1, 0.15) is 30.0 Å². The van der Waals surface area contributed by atoms with Crippen LogP contribution in [0, 0.1) is 0 Å². The van der Waals surface area contributed by atoms with Gasteiger partial charge >= 0.3 is 0 Å². The second-order valence-corrected chi connectivity index (χ2v) is 6.33. The summed E-state index contributed by atoms with van der Waals surface area (Å²) in [6.07, 6.45) is 4.39. The van der Waals surface area contributed by atoms with Crippen LogP contribution in [0.5, 0.6) is 0 Å². The summed E-state index contributed by atoms with van der Waals surface area (Å²) in [7, 11) is 0. The summed E-state index contributed by atoms with van der Waals surface area (Å²) in [4.78, 5) is 0. The predicted octanol–water partition coefficient (Wildman–Crippen LogP) is 4.34. The Kier molecular flexibility index (Phi) is 3.72. The molecule has 23 heavy (non-hydrogen) atoms. The summed E-state index contributed by atoms with van der Waals surface area (Å²) < 4.78 is 0. The van der Waals surface area contributed by atoms with Crippen molar-refractivity contribution in [3.8, 4) is 0 Å². The van der Waals surface area contributed by atoms with Gasteiger partial charge in [-0.15, -0.1) is 0 Å². The van der Waals surface area contributed by atoms with Crippen molar-refractivity contribution in [2.45, 2.75) is 18.9 Å². The Bertz CT molecular complexity index is 791. The standard InChI is InChI=1S/C20H18N2S/c23-20-21-18(15-9-5-2-6-10-15)17-12-11-16(19(17)22-20)13-14-7-3-1-4-8-14/h1-10,13,18H,11-12H2,(H2,21,22,23)/b16-13-. The van der Waals surface area contributed by atoms with Crippen LogP contribution in [0.15, 0.2) is 77.5 Å². The van der Waals surface area contributed by atoms with E-state index in [1.54, 1.807) is 0 Å². The quantitative estimate of drug-likeness (QED) is 0.806. The van der Waals surface area contributed by atoms with Crippen LogP contribution in [0.25, 0.3) is 6.08 Å². The Morgan fingerprint density at radius 3 is 2.35 bits per heavy atom. The van der Waals surface area contributed by atoms with E-state index in [9.17, 15) is 0 Å². The number of hydrogen-bond donors (Lipinski definition) is 2. The molecule has 2 N–H and O–H groups in total. The van der Waals surface area contributed by atoms with Gasteiger partial charge in [-0.05, 0) is 53.4 Å². The zero-order valence-electron chi connectivity index (χ0n) is 12.8. The first-order valence-electron chi connectivity index (χ1n) is 7.93. The van der Waals surface area contributed by atoms with Crippen molar-refractivity contribution in [1.29, 1.82) is 0 Å². The fourth-order valence-electron chi connectivity index (χ4n) is 3.37. The van der Waals surface area contributed by atoms with Gasteiger partial charge in [0.25, 0.3) is 0 Å². The second-order valence-electron chi connectivity index (χ2n) is 5.92. The summed E-state index contributed by atoms with van der Waals surface area (Å²) in [6.45, 7) is 0. The van der Waals surface area contributed by atoms with Gasteiger partial charge < -0.3 is 10.6 Å². The normalized spacial score (nSPS) is 21.8. The van der Waals surface area contributed by atoms with E-state index in [1.807, 2.05) is 12.1 Å². The molecule has 0 bridgehead atoms. The van der Waals surface area contributed by atoms with Crippen molar-refractivity contribution < 1.29 is 0 Å². The van der Waals surface area contributed by atoms with E-state index in [1.165, 1.54) is 28.0 Å². The molecule has 114 valence electrons. The Hall–Kier alpha value is -2.39. The molecule has 0 radical (unpaired) electrons. The maximum absolute atomic E-state index is 5.44. The topological polar surface area (TPSA) is 24.1 Å². The highest BCUT2D eigenvalue weighted by Crippen LogP contribution is 2.40. The SMILES string of the molecule is S=C1NC2=C(CC/C2=C/c2ccccc2)C(c2ccccc2)N1. The third kappa shape index (κ3) is 2.80. The predicted molar refractivity (Wildman–Crippen MR) is 98.7 cm³/mol. The molecule has 2 aliphatic rings. The van der Waals surface area contributed by atoms with Gasteiger partial charge in [-0.3, -0.25) is 0 Å². The molecule has 1 aliphatic heterocycles. The Labute approximate surface area is 141 Å². The molecule has 1 atom stereocenters. The maximum atomic E-state index is 5.44. The van der Waals surface area contributed by atoms with Gasteiger partial charge in [0, 0.05) is 5.70 Å². The summed E-state index contributed by atoms with van der Waals surface area (Å²) in [6, 6.07) is 21.2. The van der Waals surface area contributed by atoms with E-state index >= 15 is 0 Å². The molecule has 0 fully saturated rings.